The average molecular weight is 474 g/mol. The molecule has 0 fully saturated rings. The zero-order valence-corrected chi connectivity index (χ0v) is 20.4. The van der Waals surface area contributed by atoms with Gasteiger partial charge in [0.15, 0.2) is 16.8 Å². The van der Waals surface area contributed by atoms with Gasteiger partial charge >= 0.3 is 0 Å². The second-order valence-electron chi connectivity index (χ2n) is 7.70. The molecule has 3 aromatic heterocycles. The number of rotatable bonds is 10. The fourth-order valence-corrected chi connectivity index (χ4v) is 4.68. The van der Waals surface area contributed by atoms with Crippen molar-refractivity contribution in [3.05, 3.63) is 84.5 Å². The first-order valence-corrected chi connectivity index (χ1v) is 12.0. The van der Waals surface area contributed by atoms with Crippen LogP contribution in [0, 0.1) is 13.8 Å². The van der Waals surface area contributed by atoms with Gasteiger partial charge in [0.25, 0.3) is 0 Å². The minimum absolute atomic E-state index is 0.0557. The minimum Gasteiger partial charge on any atom is -0.494 e. The lowest BCUT2D eigenvalue weighted by molar-refractivity contribution is 0.102. The van der Waals surface area contributed by atoms with Crippen LogP contribution >= 0.6 is 11.8 Å². The van der Waals surface area contributed by atoms with Crippen molar-refractivity contribution < 1.29 is 9.53 Å². The molecule has 0 radical (unpaired) electrons. The van der Waals surface area contributed by atoms with Crippen molar-refractivity contribution in [2.45, 2.75) is 32.5 Å². The van der Waals surface area contributed by atoms with Crippen molar-refractivity contribution in [1.82, 2.24) is 24.3 Å². The van der Waals surface area contributed by atoms with Gasteiger partial charge in [0.05, 0.1) is 12.4 Å². The maximum Gasteiger partial charge on any atom is 0.196 e. The number of carbonyl (C=O) groups excluding carboxylic acids is 1. The minimum atomic E-state index is 0.0557. The zero-order chi connectivity index (χ0) is 24.1. The summed E-state index contributed by atoms with van der Waals surface area (Å²) >= 11 is 1.38. The van der Waals surface area contributed by atoms with Crippen molar-refractivity contribution >= 4 is 17.5 Å². The first kappa shape index (κ1) is 23.5. The molecule has 34 heavy (non-hydrogen) atoms. The topological polar surface area (TPSA) is 74.8 Å². The van der Waals surface area contributed by atoms with E-state index in [9.17, 15) is 4.79 Å². The largest absolute Gasteiger partial charge is 0.494 e. The van der Waals surface area contributed by atoms with Crippen LogP contribution in [-0.2, 0) is 6.54 Å². The van der Waals surface area contributed by atoms with Gasteiger partial charge in [0, 0.05) is 47.1 Å². The maximum absolute atomic E-state index is 13.1. The molecule has 0 aliphatic carbocycles. The number of aryl methyl sites for hydroxylation is 1. The van der Waals surface area contributed by atoms with Gasteiger partial charge in [0.2, 0.25) is 0 Å². The summed E-state index contributed by atoms with van der Waals surface area (Å²) in [5.74, 6) is 1.79. The highest BCUT2D eigenvalue weighted by Gasteiger charge is 2.20. The molecule has 0 atom stereocenters. The second-order valence-corrected chi connectivity index (χ2v) is 8.64. The number of ether oxygens (including phenoxy) is 1. The van der Waals surface area contributed by atoms with Crippen LogP contribution in [0.25, 0.3) is 17.1 Å². The molecule has 0 N–H and O–H groups in total. The fourth-order valence-electron chi connectivity index (χ4n) is 3.84. The normalized spacial score (nSPS) is 10.9. The standard InChI is InChI=1S/C26H27N5O2S/c1-5-15-30-18(3)16-23(19(30)4)24(32)17-34-26-29-28-25(20-11-13-27-14-12-20)31(26)21-7-9-22(10-8-21)33-6-2/h5,7-14,16H,1,6,15,17H2,2-4H3. The lowest BCUT2D eigenvalue weighted by atomic mass is 10.2. The molecule has 0 unspecified atom stereocenters. The summed E-state index contributed by atoms with van der Waals surface area (Å²) in [5.41, 5.74) is 4.51. The van der Waals surface area contributed by atoms with Crippen molar-refractivity contribution in [2.24, 2.45) is 0 Å². The van der Waals surface area contributed by atoms with E-state index >= 15 is 0 Å². The van der Waals surface area contributed by atoms with Crippen molar-refractivity contribution in [2.75, 3.05) is 12.4 Å². The maximum atomic E-state index is 13.1. The molecule has 8 heteroatoms. The van der Waals surface area contributed by atoms with Crippen LogP contribution in [0.4, 0.5) is 0 Å². The smallest absolute Gasteiger partial charge is 0.196 e. The van der Waals surface area contributed by atoms with E-state index in [0.717, 1.165) is 34.0 Å². The van der Waals surface area contributed by atoms with Crippen molar-refractivity contribution in [1.29, 1.82) is 0 Å². The molecular formula is C26H27N5O2S. The third-order valence-electron chi connectivity index (χ3n) is 5.50. The predicted octanol–water partition coefficient (Wildman–Crippen LogP) is 5.31. The summed E-state index contributed by atoms with van der Waals surface area (Å²) in [7, 11) is 0. The number of nitrogens with zero attached hydrogens (tertiary/aromatic N) is 5. The predicted molar refractivity (Wildman–Crippen MR) is 135 cm³/mol. The molecule has 174 valence electrons. The molecule has 0 spiro atoms. The van der Waals surface area contributed by atoms with E-state index < -0.39 is 0 Å². The molecule has 1 aromatic carbocycles. The quantitative estimate of drug-likeness (QED) is 0.177. The number of allylic oxidation sites excluding steroid dienone is 1. The number of Topliss-reactive ketones (excluding diaryl/α,β-unsaturated/α-hetero) is 1. The van der Waals surface area contributed by atoms with E-state index in [-0.39, 0.29) is 11.5 Å². The summed E-state index contributed by atoms with van der Waals surface area (Å²) in [5, 5.41) is 9.50. The monoisotopic (exact) mass is 473 g/mol. The van der Waals surface area contributed by atoms with Gasteiger partial charge < -0.3 is 9.30 Å². The summed E-state index contributed by atoms with van der Waals surface area (Å²) in [6.07, 6.45) is 5.28. The number of pyridine rings is 1. The highest BCUT2D eigenvalue weighted by molar-refractivity contribution is 7.99. The van der Waals surface area contributed by atoms with Gasteiger partial charge in [-0.15, -0.1) is 16.8 Å². The summed E-state index contributed by atoms with van der Waals surface area (Å²) < 4.78 is 9.64. The summed E-state index contributed by atoms with van der Waals surface area (Å²) in [6.45, 7) is 11.0. The molecule has 0 aliphatic heterocycles. The van der Waals surface area contributed by atoms with Gasteiger partial charge in [-0.05, 0) is 63.2 Å². The van der Waals surface area contributed by atoms with Crippen LogP contribution in [0.3, 0.4) is 0 Å². The van der Waals surface area contributed by atoms with Crippen molar-refractivity contribution in [3.8, 4) is 22.8 Å². The Morgan fingerprint density at radius 1 is 1.12 bits per heavy atom. The van der Waals surface area contributed by atoms with E-state index in [4.69, 9.17) is 4.74 Å². The lowest BCUT2D eigenvalue weighted by Gasteiger charge is -2.11. The van der Waals surface area contributed by atoms with Gasteiger partial charge in [0.1, 0.15) is 5.75 Å². The Morgan fingerprint density at radius 3 is 2.53 bits per heavy atom. The first-order valence-electron chi connectivity index (χ1n) is 11.1. The van der Waals surface area contributed by atoms with Crippen LogP contribution in [0.1, 0.15) is 28.7 Å². The molecule has 4 rings (SSSR count). The SMILES string of the molecule is C=CCn1c(C)cc(C(=O)CSc2nnc(-c3ccncc3)n2-c2ccc(OCC)cc2)c1C. The molecule has 0 saturated carbocycles. The van der Waals surface area contributed by atoms with E-state index in [0.29, 0.717) is 24.1 Å². The Labute approximate surface area is 203 Å². The van der Waals surface area contributed by atoms with Gasteiger partial charge in [-0.2, -0.15) is 0 Å². The van der Waals surface area contributed by atoms with Crippen molar-refractivity contribution in [3.63, 3.8) is 0 Å². The molecule has 0 aliphatic rings. The Hall–Kier alpha value is -3.65. The second kappa shape index (κ2) is 10.5. The summed E-state index contributed by atoms with van der Waals surface area (Å²) in [6, 6.07) is 13.5. The molecule has 0 amide bonds. The Bertz CT molecular complexity index is 1290. The van der Waals surface area contributed by atoms with E-state index in [1.54, 1.807) is 12.4 Å². The number of hydrogen-bond donors (Lipinski definition) is 0. The lowest BCUT2D eigenvalue weighted by Crippen LogP contribution is -2.07. The van der Waals surface area contributed by atoms with E-state index in [2.05, 4.69) is 26.3 Å². The number of carbonyl (C=O) groups is 1. The van der Waals surface area contributed by atoms with Crippen LogP contribution in [0.5, 0.6) is 5.75 Å². The van der Waals surface area contributed by atoms with Crippen LogP contribution < -0.4 is 4.74 Å². The van der Waals surface area contributed by atoms with E-state index in [1.165, 1.54) is 11.8 Å². The fraction of sp³-hybridized carbons (Fsp3) is 0.231. The zero-order valence-electron chi connectivity index (χ0n) is 19.6. The summed E-state index contributed by atoms with van der Waals surface area (Å²) in [4.78, 5) is 17.2. The number of hydrogen-bond acceptors (Lipinski definition) is 6. The Morgan fingerprint density at radius 2 is 1.85 bits per heavy atom. The molecule has 4 aromatic rings. The van der Waals surface area contributed by atoms with Crippen LogP contribution in [-0.4, -0.2) is 42.5 Å². The van der Waals surface area contributed by atoms with Gasteiger partial charge in [-0.3, -0.25) is 14.3 Å². The van der Waals surface area contributed by atoms with Crippen LogP contribution in [0.15, 0.2) is 72.7 Å². The Balaban J connectivity index is 1.64. The highest BCUT2D eigenvalue weighted by Crippen LogP contribution is 2.29. The van der Waals surface area contributed by atoms with E-state index in [1.807, 2.05) is 73.9 Å². The molecule has 0 bridgehead atoms. The molecule has 0 saturated heterocycles. The highest BCUT2D eigenvalue weighted by atomic mass is 32.2. The number of benzene rings is 1. The number of thioether (sulfide) groups is 1. The average Bonchev–Trinajstić information content (AvgIpc) is 3.40. The van der Waals surface area contributed by atoms with Crippen LogP contribution in [0.2, 0.25) is 0 Å². The molecule has 7 nitrogen and oxygen atoms in total. The van der Waals surface area contributed by atoms with Gasteiger partial charge in [-0.1, -0.05) is 17.8 Å². The molecule has 3 heterocycles. The third-order valence-corrected chi connectivity index (χ3v) is 6.42. The third kappa shape index (κ3) is 4.82. The number of aromatic nitrogens is 5. The Kier molecular flexibility index (Phi) is 7.27. The first-order chi connectivity index (χ1) is 16.5. The molecular weight excluding hydrogens is 446 g/mol. The number of ketones is 1. The van der Waals surface area contributed by atoms with Gasteiger partial charge in [-0.25, -0.2) is 0 Å².